The number of nitrogens with zero attached hydrogens (tertiary/aromatic N) is 2. The summed E-state index contributed by atoms with van der Waals surface area (Å²) in [5, 5.41) is 9.44. The van der Waals surface area contributed by atoms with Crippen molar-refractivity contribution in [3.05, 3.63) is 18.5 Å². The molecule has 0 radical (unpaired) electrons. The van der Waals surface area contributed by atoms with Crippen LogP contribution in [-0.2, 0) is 16.4 Å². The zero-order chi connectivity index (χ0) is 13.7. The van der Waals surface area contributed by atoms with Crippen LogP contribution < -0.4 is 10.6 Å². The third kappa shape index (κ3) is 4.55. The monoisotopic (exact) mass is 286 g/mol. The molecule has 0 aromatic carbocycles. The number of nitrogens with one attached hydrogen (secondary N) is 2. The molecule has 0 unspecified atom stereocenters. The van der Waals surface area contributed by atoms with Gasteiger partial charge in [-0.2, -0.15) is 5.10 Å². The highest BCUT2D eigenvalue weighted by Gasteiger charge is 2.28. The zero-order valence-corrected chi connectivity index (χ0v) is 11.4. The number of amides is 2. The van der Waals surface area contributed by atoms with E-state index in [1.165, 1.54) is 0 Å². The summed E-state index contributed by atoms with van der Waals surface area (Å²) in [4.78, 5) is 11.5. The first-order chi connectivity index (χ1) is 9.05. The second-order valence-corrected chi connectivity index (χ2v) is 6.85. The molecule has 2 amide bonds. The Hall–Kier alpha value is -1.57. The van der Waals surface area contributed by atoms with Crippen molar-refractivity contribution in [3.63, 3.8) is 0 Å². The van der Waals surface area contributed by atoms with Crippen molar-refractivity contribution >= 4 is 15.9 Å². The Balaban J connectivity index is 1.60. The average molecular weight is 286 g/mol. The van der Waals surface area contributed by atoms with Gasteiger partial charge in [-0.25, -0.2) is 13.2 Å². The number of aryl methyl sites for hydroxylation is 1. The highest BCUT2D eigenvalue weighted by Crippen LogP contribution is 2.10. The van der Waals surface area contributed by atoms with Gasteiger partial charge in [-0.05, 0) is 18.9 Å². The van der Waals surface area contributed by atoms with Gasteiger partial charge in [0.2, 0.25) is 0 Å². The van der Waals surface area contributed by atoms with Gasteiger partial charge in [0.15, 0.2) is 9.84 Å². The number of aromatic nitrogens is 2. The largest absolute Gasteiger partial charge is 0.338 e. The molecule has 19 heavy (non-hydrogen) atoms. The maximum absolute atomic E-state index is 11.5. The predicted octanol–water partition coefficient (Wildman–Crippen LogP) is -0.240. The minimum atomic E-state index is -2.95. The van der Waals surface area contributed by atoms with Crippen LogP contribution in [0.5, 0.6) is 0 Å². The van der Waals surface area contributed by atoms with Crippen LogP contribution in [0.3, 0.4) is 0 Å². The molecule has 2 N–H and O–H groups in total. The lowest BCUT2D eigenvalue weighted by molar-refractivity contribution is 0.237. The van der Waals surface area contributed by atoms with E-state index in [9.17, 15) is 13.2 Å². The minimum absolute atomic E-state index is 0.0493. The quantitative estimate of drug-likeness (QED) is 0.731. The first kappa shape index (κ1) is 13.9. The molecule has 1 saturated heterocycles. The molecule has 1 atom stereocenters. The number of rotatable bonds is 5. The van der Waals surface area contributed by atoms with E-state index < -0.39 is 9.84 Å². The maximum atomic E-state index is 11.5. The third-order valence-electron chi connectivity index (χ3n) is 2.98. The fourth-order valence-corrected chi connectivity index (χ4v) is 3.69. The van der Waals surface area contributed by atoms with E-state index in [4.69, 9.17) is 0 Å². The van der Waals surface area contributed by atoms with Gasteiger partial charge in [0.1, 0.15) is 0 Å². The Morgan fingerprint density at radius 1 is 1.47 bits per heavy atom. The van der Waals surface area contributed by atoms with Gasteiger partial charge in [0, 0.05) is 31.5 Å². The number of sulfone groups is 1. The molecule has 2 rings (SSSR count). The van der Waals surface area contributed by atoms with E-state index in [1.807, 2.05) is 12.3 Å². The van der Waals surface area contributed by atoms with Crippen molar-refractivity contribution in [2.24, 2.45) is 0 Å². The molecular weight excluding hydrogens is 268 g/mol. The Bertz CT molecular complexity index is 512. The predicted molar refractivity (Wildman–Crippen MR) is 70.4 cm³/mol. The second kappa shape index (κ2) is 6.05. The van der Waals surface area contributed by atoms with Crippen LogP contribution in [0.15, 0.2) is 18.5 Å². The smallest absolute Gasteiger partial charge is 0.315 e. The van der Waals surface area contributed by atoms with Gasteiger partial charge < -0.3 is 10.6 Å². The first-order valence-corrected chi connectivity index (χ1v) is 8.09. The molecule has 1 fully saturated rings. The molecule has 2 heterocycles. The van der Waals surface area contributed by atoms with Crippen molar-refractivity contribution < 1.29 is 13.2 Å². The van der Waals surface area contributed by atoms with E-state index in [2.05, 4.69) is 15.7 Å². The molecule has 0 saturated carbocycles. The lowest BCUT2D eigenvalue weighted by atomic mass is 10.3. The van der Waals surface area contributed by atoms with Crippen LogP contribution in [-0.4, -0.2) is 48.3 Å². The van der Waals surface area contributed by atoms with Crippen LogP contribution in [0.1, 0.15) is 12.8 Å². The second-order valence-electron chi connectivity index (χ2n) is 4.62. The van der Waals surface area contributed by atoms with Gasteiger partial charge in [0.05, 0.1) is 11.5 Å². The first-order valence-electron chi connectivity index (χ1n) is 6.27. The lowest BCUT2D eigenvalue weighted by Gasteiger charge is -2.11. The van der Waals surface area contributed by atoms with Gasteiger partial charge in [0.25, 0.3) is 0 Å². The molecule has 0 aliphatic carbocycles. The van der Waals surface area contributed by atoms with Crippen LogP contribution in [0.25, 0.3) is 0 Å². The van der Waals surface area contributed by atoms with Crippen LogP contribution in [0.4, 0.5) is 4.79 Å². The molecule has 106 valence electrons. The summed E-state index contributed by atoms with van der Waals surface area (Å²) >= 11 is 0. The van der Waals surface area contributed by atoms with Crippen molar-refractivity contribution in [3.8, 4) is 0 Å². The number of hydrogen-bond donors (Lipinski definition) is 2. The van der Waals surface area contributed by atoms with Crippen molar-refractivity contribution in [1.82, 2.24) is 20.4 Å². The summed E-state index contributed by atoms with van der Waals surface area (Å²) in [6, 6.07) is 1.29. The summed E-state index contributed by atoms with van der Waals surface area (Å²) in [5.74, 6) is 0.213. The number of carbonyl (C=O) groups is 1. The molecule has 7 nitrogen and oxygen atoms in total. The molecule has 1 aliphatic heterocycles. The van der Waals surface area contributed by atoms with Gasteiger partial charge in [-0.1, -0.05) is 0 Å². The summed E-state index contributed by atoms with van der Waals surface area (Å²) in [7, 11) is -2.95. The molecule has 1 aliphatic rings. The van der Waals surface area contributed by atoms with Crippen molar-refractivity contribution in [1.29, 1.82) is 0 Å². The van der Waals surface area contributed by atoms with Gasteiger partial charge >= 0.3 is 6.03 Å². The number of urea groups is 1. The Kier molecular flexibility index (Phi) is 4.41. The standard InChI is InChI=1S/C11H18N4O3S/c16-11(14-10-3-8-19(17,18)9-10)12-4-1-6-15-7-2-5-13-15/h2,5,7,10H,1,3-4,6,8-9H2,(H2,12,14,16)/t10-/m0/s1. The highest BCUT2D eigenvalue weighted by molar-refractivity contribution is 7.91. The summed E-state index contributed by atoms with van der Waals surface area (Å²) in [6.45, 7) is 1.27. The minimum Gasteiger partial charge on any atom is -0.338 e. The molecule has 8 heteroatoms. The van der Waals surface area contributed by atoms with Gasteiger partial charge in [-0.3, -0.25) is 4.68 Å². The average Bonchev–Trinajstić information content (AvgIpc) is 2.94. The number of hydrogen-bond acceptors (Lipinski definition) is 4. The third-order valence-corrected chi connectivity index (χ3v) is 4.74. The highest BCUT2D eigenvalue weighted by atomic mass is 32.2. The maximum Gasteiger partial charge on any atom is 0.315 e. The Morgan fingerprint density at radius 3 is 2.95 bits per heavy atom. The number of carbonyl (C=O) groups excluding carboxylic acids is 1. The van der Waals surface area contributed by atoms with E-state index in [1.54, 1.807) is 10.9 Å². The lowest BCUT2D eigenvalue weighted by Crippen LogP contribution is -2.43. The summed E-state index contributed by atoms with van der Waals surface area (Å²) < 4.78 is 24.3. The van der Waals surface area contributed by atoms with Gasteiger partial charge in [-0.15, -0.1) is 0 Å². The van der Waals surface area contributed by atoms with Crippen LogP contribution in [0.2, 0.25) is 0 Å². The summed E-state index contributed by atoms with van der Waals surface area (Å²) in [5.41, 5.74) is 0. The molecule has 0 spiro atoms. The van der Waals surface area contributed by atoms with Crippen LogP contribution in [0, 0.1) is 0 Å². The van der Waals surface area contributed by atoms with E-state index in [0.717, 1.165) is 13.0 Å². The molecule has 0 bridgehead atoms. The van der Waals surface area contributed by atoms with Crippen LogP contribution >= 0.6 is 0 Å². The molecular formula is C11H18N4O3S. The normalized spacial score (nSPS) is 21.2. The van der Waals surface area contributed by atoms with Crippen molar-refractivity contribution in [2.45, 2.75) is 25.4 Å². The molecule has 1 aromatic rings. The van der Waals surface area contributed by atoms with E-state index in [-0.39, 0.29) is 23.6 Å². The van der Waals surface area contributed by atoms with Crippen molar-refractivity contribution in [2.75, 3.05) is 18.1 Å². The topological polar surface area (TPSA) is 93.1 Å². The summed E-state index contributed by atoms with van der Waals surface area (Å²) in [6.07, 6.45) is 4.85. The van der Waals surface area contributed by atoms with E-state index >= 15 is 0 Å². The fraction of sp³-hybridized carbons (Fsp3) is 0.636. The fourth-order valence-electron chi connectivity index (χ4n) is 2.02. The molecule has 1 aromatic heterocycles. The van der Waals surface area contributed by atoms with E-state index in [0.29, 0.717) is 13.0 Å². The Morgan fingerprint density at radius 2 is 2.32 bits per heavy atom. The SMILES string of the molecule is O=C(NCCCn1cccn1)N[C@H]1CCS(=O)(=O)C1. The zero-order valence-electron chi connectivity index (χ0n) is 10.6. The Labute approximate surface area is 112 Å².